The third kappa shape index (κ3) is 4.72. The summed E-state index contributed by atoms with van der Waals surface area (Å²) in [5, 5.41) is 3.96. The summed E-state index contributed by atoms with van der Waals surface area (Å²) in [5.74, 6) is -1.29. The fourth-order valence-electron chi connectivity index (χ4n) is 3.38. The number of aromatic amines is 1. The molecule has 0 unspecified atom stereocenters. The molecule has 0 radical (unpaired) electrons. The number of ketones is 1. The van der Waals surface area contributed by atoms with Crippen LogP contribution in [0.15, 0.2) is 0 Å². The summed E-state index contributed by atoms with van der Waals surface area (Å²) < 4.78 is 10.4. The molecular weight excluding hydrogens is 467 g/mol. The molecule has 0 aromatic carbocycles. The Labute approximate surface area is 193 Å². The van der Waals surface area contributed by atoms with Crippen molar-refractivity contribution in [3.8, 4) is 0 Å². The van der Waals surface area contributed by atoms with Gasteiger partial charge in [-0.15, -0.1) is 0 Å². The van der Waals surface area contributed by atoms with Crippen LogP contribution < -0.4 is 10.2 Å². The van der Waals surface area contributed by atoms with Gasteiger partial charge in [0.2, 0.25) is 0 Å². The lowest BCUT2D eigenvalue weighted by molar-refractivity contribution is 0.0540. The molecule has 1 fully saturated rings. The minimum atomic E-state index is -0.601. The van der Waals surface area contributed by atoms with Crippen molar-refractivity contribution in [2.75, 3.05) is 32.2 Å². The third-order valence-electron chi connectivity index (χ3n) is 5.05. The molecule has 3 rings (SSSR count). The van der Waals surface area contributed by atoms with Gasteiger partial charge in [-0.05, 0) is 13.3 Å². The second-order valence-electron chi connectivity index (χ2n) is 7.06. The zero-order valence-electron chi connectivity index (χ0n) is 17.4. The van der Waals surface area contributed by atoms with Crippen LogP contribution in [-0.4, -0.2) is 67.1 Å². The molecule has 2 aromatic rings. The van der Waals surface area contributed by atoms with Crippen molar-refractivity contribution >= 4 is 57.3 Å². The van der Waals surface area contributed by atoms with E-state index in [1.54, 1.807) is 14.0 Å². The molecule has 2 atom stereocenters. The molecule has 1 aliphatic heterocycles. The van der Waals surface area contributed by atoms with Crippen LogP contribution in [0.4, 0.5) is 5.13 Å². The number of hydrogen-bond acceptors (Lipinski definition) is 8. The number of rotatable bonds is 6. The van der Waals surface area contributed by atoms with Gasteiger partial charge in [-0.3, -0.25) is 9.59 Å². The highest BCUT2D eigenvalue weighted by Gasteiger charge is 2.34. The Kier molecular flexibility index (Phi) is 7.25. The van der Waals surface area contributed by atoms with Gasteiger partial charge in [0, 0.05) is 32.8 Å². The number of halogens is 2. The smallest absolute Gasteiger partial charge is 0.350 e. The van der Waals surface area contributed by atoms with Gasteiger partial charge in [0.15, 0.2) is 10.9 Å². The largest absolute Gasteiger partial charge is 0.465 e. The molecule has 0 saturated carbocycles. The number of aromatic nitrogens is 2. The van der Waals surface area contributed by atoms with Gasteiger partial charge in [0.25, 0.3) is 5.91 Å². The lowest BCUT2D eigenvalue weighted by Gasteiger charge is -2.37. The highest BCUT2D eigenvalue weighted by atomic mass is 35.5. The number of aryl methyl sites for hydroxylation is 1. The minimum absolute atomic E-state index is 0.0879. The normalized spacial score (nSPS) is 18.7. The van der Waals surface area contributed by atoms with Gasteiger partial charge in [0.1, 0.15) is 16.3 Å². The molecule has 1 aliphatic rings. The van der Waals surface area contributed by atoms with Crippen LogP contribution in [0.2, 0.25) is 10.0 Å². The molecule has 0 spiro atoms. The van der Waals surface area contributed by atoms with E-state index >= 15 is 0 Å². The number of anilines is 1. The first-order chi connectivity index (χ1) is 14.7. The average molecular weight is 489 g/mol. The van der Waals surface area contributed by atoms with Crippen LogP contribution in [0.3, 0.4) is 0 Å². The van der Waals surface area contributed by atoms with Gasteiger partial charge < -0.3 is 24.7 Å². The van der Waals surface area contributed by atoms with Crippen molar-refractivity contribution in [1.29, 1.82) is 0 Å². The number of thiazole rings is 1. The van der Waals surface area contributed by atoms with Gasteiger partial charge in [-0.2, -0.15) is 0 Å². The topological polar surface area (TPSA) is 114 Å². The number of esters is 1. The van der Waals surface area contributed by atoms with E-state index in [4.69, 9.17) is 32.7 Å². The van der Waals surface area contributed by atoms with Gasteiger partial charge in [-0.25, -0.2) is 9.78 Å². The molecular formula is C19H22Cl2N4O5S. The number of carbonyl (C=O) groups excluding carboxylic acids is 3. The Morgan fingerprint density at radius 1 is 1.26 bits per heavy atom. The summed E-state index contributed by atoms with van der Waals surface area (Å²) in [6.45, 7) is 4.03. The zero-order chi connectivity index (χ0) is 22.9. The van der Waals surface area contributed by atoms with Crippen LogP contribution in [0, 0.1) is 6.92 Å². The highest BCUT2D eigenvalue weighted by molar-refractivity contribution is 7.17. The maximum atomic E-state index is 12.7. The fraction of sp³-hybridized carbons (Fsp3) is 0.474. The van der Waals surface area contributed by atoms with Crippen molar-refractivity contribution < 1.29 is 23.9 Å². The Morgan fingerprint density at radius 3 is 2.52 bits per heavy atom. The second kappa shape index (κ2) is 9.56. The highest BCUT2D eigenvalue weighted by Crippen LogP contribution is 2.31. The second-order valence-corrected chi connectivity index (χ2v) is 8.80. The summed E-state index contributed by atoms with van der Waals surface area (Å²) in [6, 6.07) is -0.278. The molecule has 0 aliphatic carbocycles. The molecule has 9 nitrogen and oxygen atoms in total. The Balaban J connectivity index is 1.75. The fourth-order valence-corrected chi connectivity index (χ4v) is 4.86. The molecule has 12 heteroatoms. The molecule has 0 bridgehead atoms. The number of methoxy groups -OCH3 is 2. The molecule has 3 heterocycles. The average Bonchev–Trinajstić information content (AvgIpc) is 3.31. The number of amides is 1. The monoisotopic (exact) mass is 488 g/mol. The number of piperidine rings is 1. The Bertz CT molecular complexity index is 1020. The minimum Gasteiger partial charge on any atom is -0.465 e. The number of H-pyrrole nitrogens is 1. The first kappa shape index (κ1) is 23.5. The predicted octanol–water partition coefficient (Wildman–Crippen LogP) is 3.10. The van der Waals surface area contributed by atoms with E-state index in [1.165, 1.54) is 14.0 Å². The van der Waals surface area contributed by atoms with Gasteiger partial charge in [0.05, 0.1) is 29.3 Å². The SMILES string of the molecule is COC(=O)c1sc(N2CC[C@@H](NC(=O)c3[nH]c(C)c(Cl)c3Cl)[C@@H](OC)C2)nc1C(C)=O. The van der Waals surface area contributed by atoms with E-state index in [0.717, 1.165) is 11.3 Å². The van der Waals surface area contributed by atoms with E-state index in [9.17, 15) is 14.4 Å². The summed E-state index contributed by atoms with van der Waals surface area (Å²) in [7, 11) is 2.81. The molecule has 1 amide bonds. The summed E-state index contributed by atoms with van der Waals surface area (Å²) >= 11 is 13.3. The van der Waals surface area contributed by atoms with Crippen LogP contribution in [0.25, 0.3) is 0 Å². The first-order valence-corrected chi connectivity index (χ1v) is 11.0. The van der Waals surface area contributed by atoms with Crippen LogP contribution in [-0.2, 0) is 9.47 Å². The lowest BCUT2D eigenvalue weighted by atomic mass is 10.0. The van der Waals surface area contributed by atoms with Crippen molar-refractivity contribution in [3.05, 3.63) is 32.0 Å². The van der Waals surface area contributed by atoms with Crippen LogP contribution in [0.5, 0.6) is 0 Å². The molecule has 2 aromatic heterocycles. The summed E-state index contributed by atoms with van der Waals surface area (Å²) in [4.78, 5) is 45.9. The van der Waals surface area contributed by atoms with E-state index in [0.29, 0.717) is 35.4 Å². The number of ether oxygens (including phenoxy) is 2. The van der Waals surface area contributed by atoms with Crippen molar-refractivity contribution in [3.63, 3.8) is 0 Å². The Morgan fingerprint density at radius 2 is 1.97 bits per heavy atom. The van der Waals surface area contributed by atoms with E-state index in [2.05, 4.69) is 15.3 Å². The van der Waals surface area contributed by atoms with E-state index in [1.807, 2.05) is 4.90 Å². The molecule has 2 N–H and O–H groups in total. The zero-order valence-corrected chi connectivity index (χ0v) is 19.7. The number of Topliss-reactive ketones (excluding diaryl/α,β-unsaturated/α-hetero) is 1. The Hall–Kier alpha value is -2.14. The van der Waals surface area contributed by atoms with Crippen molar-refractivity contribution in [1.82, 2.24) is 15.3 Å². The first-order valence-electron chi connectivity index (χ1n) is 9.40. The maximum Gasteiger partial charge on any atom is 0.350 e. The number of carbonyl (C=O) groups is 3. The van der Waals surface area contributed by atoms with E-state index < -0.39 is 5.97 Å². The standard InChI is InChI=1S/C19H22Cl2N4O5S/c1-8-12(20)13(21)15(22-8)17(27)23-10-5-6-25(7-11(10)29-3)19-24-14(9(2)26)16(31-19)18(28)30-4/h10-11,22H,5-7H2,1-4H3,(H,23,27)/t10-,11+/m1/s1. The predicted molar refractivity (Wildman–Crippen MR) is 118 cm³/mol. The van der Waals surface area contributed by atoms with Gasteiger partial charge in [-0.1, -0.05) is 34.5 Å². The number of hydrogen-bond donors (Lipinski definition) is 2. The summed E-state index contributed by atoms with van der Waals surface area (Å²) in [6.07, 6.45) is 0.201. The van der Waals surface area contributed by atoms with Crippen molar-refractivity contribution in [2.45, 2.75) is 32.4 Å². The van der Waals surface area contributed by atoms with Crippen LogP contribution in [0.1, 0.15) is 49.7 Å². The van der Waals surface area contributed by atoms with Crippen LogP contribution >= 0.6 is 34.5 Å². The van der Waals surface area contributed by atoms with E-state index in [-0.39, 0.29) is 45.1 Å². The number of nitrogens with zero attached hydrogens (tertiary/aromatic N) is 2. The molecule has 31 heavy (non-hydrogen) atoms. The number of nitrogens with one attached hydrogen (secondary N) is 2. The van der Waals surface area contributed by atoms with Crippen molar-refractivity contribution in [2.24, 2.45) is 0 Å². The molecule has 168 valence electrons. The maximum absolute atomic E-state index is 12.7. The van der Waals surface area contributed by atoms with Gasteiger partial charge >= 0.3 is 5.97 Å². The summed E-state index contributed by atoms with van der Waals surface area (Å²) in [5.41, 5.74) is 0.904. The quantitative estimate of drug-likeness (QED) is 0.474. The third-order valence-corrected chi connectivity index (χ3v) is 7.09. The lowest BCUT2D eigenvalue weighted by Crippen LogP contribution is -2.55. The molecule has 1 saturated heterocycles.